The summed E-state index contributed by atoms with van der Waals surface area (Å²) < 4.78 is 12.6. The van der Waals surface area contributed by atoms with Gasteiger partial charge in [0.15, 0.2) is 0 Å². The van der Waals surface area contributed by atoms with Gasteiger partial charge in [-0.05, 0) is 50.6 Å². The minimum absolute atomic E-state index is 0.342. The van der Waals surface area contributed by atoms with E-state index in [9.17, 15) is 4.79 Å². The Morgan fingerprint density at radius 3 is 2.28 bits per heavy atom. The summed E-state index contributed by atoms with van der Waals surface area (Å²) in [6, 6.07) is 15.3. The van der Waals surface area contributed by atoms with Gasteiger partial charge in [-0.3, -0.25) is 4.79 Å². The summed E-state index contributed by atoms with van der Waals surface area (Å²) in [6.45, 7) is 6.18. The van der Waals surface area contributed by atoms with Gasteiger partial charge in [0.1, 0.15) is 11.5 Å². The third kappa shape index (κ3) is 4.32. The zero-order valence-electron chi connectivity index (χ0n) is 17.3. The quantitative estimate of drug-likeness (QED) is 0.506. The van der Waals surface area contributed by atoms with Crippen LogP contribution in [0.4, 0.5) is 0 Å². The molecular formula is C23H25N3O3. The third-order valence-electron chi connectivity index (χ3n) is 4.81. The van der Waals surface area contributed by atoms with Crippen LogP contribution in [0.1, 0.15) is 32.9 Å². The highest BCUT2D eigenvalue weighted by atomic mass is 16.5. The van der Waals surface area contributed by atoms with Gasteiger partial charge in [-0.2, -0.15) is 5.10 Å². The van der Waals surface area contributed by atoms with E-state index in [2.05, 4.69) is 41.1 Å². The van der Waals surface area contributed by atoms with E-state index in [-0.39, 0.29) is 5.91 Å². The Balaban J connectivity index is 1.80. The average molecular weight is 391 g/mol. The first-order valence-electron chi connectivity index (χ1n) is 9.26. The van der Waals surface area contributed by atoms with Crippen molar-refractivity contribution in [1.29, 1.82) is 0 Å². The van der Waals surface area contributed by atoms with E-state index in [4.69, 9.17) is 9.47 Å². The van der Waals surface area contributed by atoms with Gasteiger partial charge in [-0.25, -0.2) is 5.43 Å². The van der Waals surface area contributed by atoms with Gasteiger partial charge in [0.25, 0.3) is 5.91 Å². The van der Waals surface area contributed by atoms with Crippen molar-refractivity contribution >= 4 is 12.1 Å². The van der Waals surface area contributed by atoms with Crippen LogP contribution in [-0.4, -0.2) is 30.9 Å². The third-order valence-corrected chi connectivity index (χ3v) is 4.81. The monoisotopic (exact) mass is 391 g/mol. The van der Waals surface area contributed by atoms with Crippen molar-refractivity contribution < 1.29 is 14.3 Å². The van der Waals surface area contributed by atoms with E-state index in [0.29, 0.717) is 17.1 Å². The molecule has 1 heterocycles. The molecule has 3 aromatic rings. The van der Waals surface area contributed by atoms with E-state index >= 15 is 0 Å². The summed E-state index contributed by atoms with van der Waals surface area (Å²) >= 11 is 0. The topological polar surface area (TPSA) is 64.8 Å². The number of hydrazone groups is 1. The van der Waals surface area contributed by atoms with Crippen LogP contribution < -0.4 is 14.9 Å². The fourth-order valence-corrected chi connectivity index (χ4v) is 3.27. The maximum absolute atomic E-state index is 12.5. The predicted molar refractivity (Wildman–Crippen MR) is 115 cm³/mol. The molecule has 0 atom stereocenters. The lowest BCUT2D eigenvalue weighted by molar-refractivity contribution is 0.0954. The van der Waals surface area contributed by atoms with Gasteiger partial charge >= 0.3 is 0 Å². The molecule has 0 radical (unpaired) electrons. The maximum atomic E-state index is 12.5. The fourth-order valence-electron chi connectivity index (χ4n) is 3.27. The molecule has 1 aromatic heterocycles. The van der Waals surface area contributed by atoms with Crippen molar-refractivity contribution in [2.45, 2.75) is 20.8 Å². The normalized spacial score (nSPS) is 10.9. The van der Waals surface area contributed by atoms with Gasteiger partial charge in [0, 0.05) is 34.3 Å². The van der Waals surface area contributed by atoms with E-state index in [1.54, 1.807) is 38.6 Å². The predicted octanol–water partition coefficient (Wildman–Crippen LogP) is 4.18. The highest BCUT2D eigenvalue weighted by Crippen LogP contribution is 2.23. The fraction of sp³-hybridized carbons (Fsp3) is 0.217. The van der Waals surface area contributed by atoms with Crippen LogP contribution in [0.3, 0.4) is 0 Å². The number of rotatable bonds is 6. The summed E-state index contributed by atoms with van der Waals surface area (Å²) in [5.74, 6) is 0.742. The maximum Gasteiger partial charge on any atom is 0.271 e. The number of methoxy groups -OCH3 is 2. The Labute approximate surface area is 170 Å². The Morgan fingerprint density at radius 1 is 1.00 bits per heavy atom. The number of aryl methyl sites for hydroxylation is 2. The highest BCUT2D eigenvalue weighted by Gasteiger charge is 2.12. The van der Waals surface area contributed by atoms with E-state index in [0.717, 1.165) is 22.6 Å². The lowest BCUT2D eigenvalue weighted by atomic mass is 10.2. The number of aromatic nitrogens is 1. The second-order valence-electron chi connectivity index (χ2n) is 6.75. The molecule has 3 rings (SSSR count). The number of ether oxygens (including phenoxy) is 2. The first kappa shape index (κ1) is 20.2. The minimum Gasteiger partial charge on any atom is -0.497 e. The van der Waals surface area contributed by atoms with Gasteiger partial charge in [0.2, 0.25) is 0 Å². The summed E-state index contributed by atoms with van der Waals surface area (Å²) in [5.41, 5.74) is 8.39. The van der Waals surface area contributed by atoms with Gasteiger partial charge in [0.05, 0.1) is 20.4 Å². The molecule has 0 saturated carbocycles. The molecule has 1 N–H and O–H groups in total. The van der Waals surface area contributed by atoms with Crippen LogP contribution in [0.25, 0.3) is 5.69 Å². The number of hydrogen-bond acceptors (Lipinski definition) is 4. The highest BCUT2D eigenvalue weighted by molar-refractivity contribution is 5.95. The molecule has 0 fully saturated rings. The Kier molecular flexibility index (Phi) is 6.02. The zero-order chi connectivity index (χ0) is 21.0. The molecule has 0 bridgehead atoms. The molecule has 0 saturated heterocycles. The number of nitrogens with one attached hydrogen (secondary N) is 1. The van der Waals surface area contributed by atoms with Crippen LogP contribution in [-0.2, 0) is 0 Å². The van der Waals surface area contributed by atoms with Crippen LogP contribution in [0, 0.1) is 20.8 Å². The molecule has 150 valence electrons. The van der Waals surface area contributed by atoms with E-state index in [1.165, 1.54) is 5.56 Å². The van der Waals surface area contributed by atoms with E-state index < -0.39 is 0 Å². The SMILES string of the molecule is COc1cc(OC)cc(C(=O)N/N=C\c2cc(C)n(-c3ccccc3C)c2C)c1. The van der Waals surface area contributed by atoms with Crippen molar-refractivity contribution in [2.75, 3.05) is 14.2 Å². The Hall–Kier alpha value is -3.54. The Morgan fingerprint density at radius 2 is 1.66 bits per heavy atom. The molecule has 0 aliphatic rings. The molecule has 2 aromatic carbocycles. The summed E-state index contributed by atoms with van der Waals surface area (Å²) in [6.07, 6.45) is 1.66. The van der Waals surface area contributed by atoms with Crippen molar-refractivity contribution in [2.24, 2.45) is 5.10 Å². The van der Waals surface area contributed by atoms with Gasteiger partial charge in [-0.15, -0.1) is 0 Å². The molecule has 1 amide bonds. The van der Waals surface area contributed by atoms with Crippen molar-refractivity contribution in [3.63, 3.8) is 0 Å². The van der Waals surface area contributed by atoms with Crippen LogP contribution >= 0.6 is 0 Å². The summed E-state index contributed by atoms with van der Waals surface area (Å²) in [4.78, 5) is 12.5. The molecule has 29 heavy (non-hydrogen) atoms. The number of para-hydroxylation sites is 1. The van der Waals surface area contributed by atoms with E-state index in [1.807, 2.05) is 25.1 Å². The van der Waals surface area contributed by atoms with Crippen molar-refractivity contribution in [1.82, 2.24) is 9.99 Å². The second kappa shape index (κ2) is 8.65. The molecule has 0 unspecified atom stereocenters. The summed E-state index contributed by atoms with van der Waals surface area (Å²) in [7, 11) is 3.08. The number of amides is 1. The number of carbonyl (C=O) groups excluding carboxylic acids is 1. The molecule has 6 heteroatoms. The standard InChI is InChI=1S/C23H25N3O3/c1-15-8-6-7-9-22(15)26-16(2)10-19(17(26)3)14-24-25-23(27)18-11-20(28-4)13-21(12-18)29-5/h6-14H,1-5H3,(H,25,27)/b24-14-. The van der Waals surface area contributed by atoms with Crippen LogP contribution in [0.5, 0.6) is 11.5 Å². The Bertz CT molecular complexity index is 1040. The first-order valence-corrected chi connectivity index (χ1v) is 9.26. The molecular weight excluding hydrogens is 366 g/mol. The van der Waals surface area contributed by atoms with Crippen molar-refractivity contribution in [3.8, 4) is 17.2 Å². The molecule has 0 spiro atoms. The number of nitrogens with zero attached hydrogens (tertiary/aromatic N) is 2. The minimum atomic E-state index is -0.342. The van der Waals surface area contributed by atoms with Crippen molar-refractivity contribution in [3.05, 3.63) is 76.6 Å². The lowest BCUT2D eigenvalue weighted by Crippen LogP contribution is -2.17. The zero-order valence-corrected chi connectivity index (χ0v) is 17.3. The lowest BCUT2D eigenvalue weighted by Gasteiger charge is -2.12. The molecule has 0 aliphatic carbocycles. The number of benzene rings is 2. The molecule has 0 aliphatic heterocycles. The molecule has 6 nitrogen and oxygen atoms in total. The number of carbonyl (C=O) groups is 1. The van der Waals surface area contributed by atoms with Gasteiger partial charge in [-0.1, -0.05) is 18.2 Å². The smallest absolute Gasteiger partial charge is 0.271 e. The number of hydrogen-bond donors (Lipinski definition) is 1. The largest absolute Gasteiger partial charge is 0.497 e. The van der Waals surface area contributed by atoms with Crippen LogP contribution in [0.15, 0.2) is 53.6 Å². The first-order chi connectivity index (χ1) is 13.9. The summed E-state index contributed by atoms with van der Waals surface area (Å²) in [5, 5.41) is 4.14. The second-order valence-corrected chi connectivity index (χ2v) is 6.75. The average Bonchev–Trinajstić information content (AvgIpc) is 3.01. The van der Waals surface area contributed by atoms with Crippen LogP contribution in [0.2, 0.25) is 0 Å². The van der Waals surface area contributed by atoms with Gasteiger partial charge < -0.3 is 14.0 Å².